The van der Waals surface area contributed by atoms with Crippen molar-refractivity contribution in [3.05, 3.63) is 123 Å². The Labute approximate surface area is 257 Å². The number of rotatable bonds is 12. The number of likely N-dealkylation sites (tertiary alicyclic amines) is 1. The summed E-state index contributed by atoms with van der Waals surface area (Å²) in [6.07, 6.45) is 1.51. The summed E-state index contributed by atoms with van der Waals surface area (Å²) in [5, 5.41) is 17.6. The molecule has 224 valence electrons. The van der Waals surface area contributed by atoms with Crippen LogP contribution >= 0.6 is 11.3 Å². The number of nitrogens with one attached hydrogen (secondary N) is 2. The van der Waals surface area contributed by atoms with E-state index >= 15 is 0 Å². The van der Waals surface area contributed by atoms with Crippen LogP contribution in [0.25, 0.3) is 0 Å². The summed E-state index contributed by atoms with van der Waals surface area (Å²) in [5.41, 5.74) is 2.93. The number of nitrogens with zero attached hydrogens (tertiary/aromatic N) is 1. The molecule has 1 aromatic heterocycles. The lowest BCUT2D eigenvalue weighted by molar-refractivity contribution is 0.0737. The van der Waals surface area contributed by atoms with Gasteiger partial charge in [-0.25, -0.2) is 0 Å². The molecule has 3 N–H and O–H groups in total. The monoisotopic (exact) mass is 597 g/mol. The first-order chi connectivity index (χ1) is 20.9. The molecule has 0 radical (unpaired) electrons. The lowest BCUT2D eigenvalue weighted by Gasteiger charge is -2.26. The molecular formula is C35H39N3O4S. The Morgan fingerprint density at radius 2 is 1.74 bits per heavy atom. The molecule has 43 heavy (non-hydrogen) atoms. The minimum Gasteiger partial charge on any atom is -0.497 e. The maximum Gasteiger partial charge on any atom is 0.254 e. The van der Waals surface area contributed by atoms with Gasteiger partial charge in [0.1, 0.15) is 5.75 Å². The van der Waals surface area contributed by atoms with E-state index in [9.17, 15) is 14.7 Å². The van der Waals surface area contributed by atoms with Gasteiger partial charge in [-0.05, 0) is 79.8 Å². The van der Waals surface area contributed by atoms with Gasteiger partial charge in [-0.3, -0.25) is 9.59 Å². The van der Waals surface area contributed by atoms with E-state index in [0.29, 0.717) is 30.6 Å². The fraction of sp³-hybridized carbons (Fsp3) is 0.314. The van der Waals surface area contributed by atoms with Gasteiger partial charge in [0.2, 0.25) is 0 Å². The number of aryl methyl sites for hydroxylation is 1. The van der Waals surface area contributed by atoms with E-state index in [2.05, 4.69) is 29.7 Å². The molecule has 1 fully saturated rings. The van der Waals surface area contributed by atoms with Gasteiger partial charge >= 0.3 is 0 Å². The van der Waals surface area contributed by atoms with Crippen LogP contribution < -0.4 is 15.4 Å². The third kappa shape index (κ3) is 7.90. The number of benzene rings is 3. The van der Waals surface area contributed by atoms with Gasteiger partial charge in [-0.1, -0.05) is 48.5 Å². The second-order valence-electron chi connectivity index (χ2n) is 11.0. The normalized spacial score (nSPS) is 16.1. The molecule has 5 rings (SSSR count). The highest BCUT2D eigenvalue weighted by Gasteiger charge is 2.32. The standard InChI is InChI=1S/C35H39N3O4S/c1-24-16-17-33(43-24)31-15-8-18-38(31)35(41)28-13-7-12-27(21-28)34(40)37-30(20-25-9-4-3-5-10-25)32(39)23-36-22-26-11-6-14-29(19-26)42-2/h3-7,9-14,16-17,19,21,30-32,36,39H,8,15,18,20,22-23H2,1-2H3,(H,37,40)/t30-,31?,32-/m0/s1. The van der Waals surface area contributed by atoms with Crippen LogP contribution in [0.1, 0.15) is 60.5 Å². The highest BCUT2D eigenvalue weighted by molar-refractivity contribution is 7.12. The van der Waals surface area contributed by atoms with Gasteiger partial charge in [-0.15, -0.1) is 11.3 Å². The zero-order chi connectivity index (χ0) is 30.2. The number of thiophene rings is 1. The number of ether oxygens (including phenoxy) is 1. The Morgan fingerprint density at radius 3 is 2.51 bits per heavy atom. The molecule has 0 bridgehead atoms. The van der Waals surface area contributed by atoms with Gasteiger partial charge in [0.15, 0.2) is 0 Å². The Morgan fingerprint density at radius 1 is 0.977 bits per heavy atom. The van der Waals surface area contributed by atoms with Crippen LogP contribution in [0.4, 0.5) is 0 Å². The average Bonchev–Trinajstić information content (AvgIpc) is 3.70. The third-order valence-corrected chi connectivity index (χ3v) is 8.97. The average molecular weight is 598 g/mol. The van der Waals surface area contributed by atoms with E-state index in [1.807, 2.05) is 59.5 Å². The SMILES string of the molecule is COc1cccc(CNC[C@H](O)[C@H](Cc2ccccc2)NC(=O)c2cccc(C(=O)N3CCCC3c3ccc(C)s3)c2)c1. The van der Waals surface area contributed by atoms with Crippen molar-refractivity contribution >= 4 is 23.2 Å². The van der Waals surface area contributed by atoms with E-state index in [4.69, 9.17) is 4.74 Å². The molecule has 3 aromatic carbocycles. The van der Waals surface area contributed by atoms with Crippen LogP contribution in [0.5, 0.6) is 5.75 Å². The van der Waals surface area contributed by atoms with Crippen LogP contribution in [0.2, 0.25) is 0 Å². The minimum absolute atomic E-state index is 0.0641. The van der Waals surface area contributed by atoms with E-state index < -0.39 is 12.1 Å². The summed E-state index contributed by atoms with van der Waals surface area (Å²) in [4.78, 5) is 31.5. The van der Waals surface area contributed by atoms with E-state index in [1.54, 1.807) is 42.7 Å². The summed E-state index contributed by atoms with van der Waals surface area (Å²) >= 11 is 1.73. The maximum absolute atomic E-state index is 13.6. The predicted octanol–water partition coefficient (Wildman–Crippen LogP) is 5.53. The van der Waals surface area contributed by atoms with Crippen molar-refractivity contribution in [2.45, 2.75) is 50.9 Å². The first-order valence-corrected chi connectivity index (χ1v) is 15.6. The summed E-state index contributed by atoms with van der Waals surface area (Å²) in [5.74, 6) is 0.386. The van der Waals surface area contributed by atoms with Crippen molar-refractivity contribution < 1.29 is 19.4 Å². The molecule has 1 unspecified atom stereocenters. The van der Waals surface area contributed by atoms with Crippen molar-refractivity contribution in [2.24, 2.45) is 0 Å². The largest absolute Gasteiger partial charge is 0.497 e. The Kier molecular flexibility index (Phi) is 10.3. The second-order valence-corrected chi connectivity index (χ2v) is 12.3. The Hall–Kier alpha value is -3.98. The molecule has 1 saturated heterocycles. The molecule has 8 heteroatoms. The Bertz CT molecular complexity index is 1520. The summed E-state index contributed by atoms with van der Waals surface area (Å²) in [6, 6.07) is 28.2. The van der Waals surface area contributed by atoms with Crippen molar-refractivity contribution in [1.82, 2.24) is 15.5 Å². The zero-order valence-corrected chi connectivity index (χ0v) is 25.5. The molecular weight excluding hydrogens is 558 g/mol. The maximum atomic E-state index is 13.6. The first-order valence-electron chi connectivity index (χ1n) is 14.7. The molecule has 0 spiro atoms. The lowest BCUT2D eigenvalue weighted by atomic mass is 10.00. The number of amides is 2. The molecule has 2 amide bonds. The molecule has 0 saturated carbocycles. The molecule has 3 atom stereocenters. The number of hydrogen-bond donors (Lipinski definition) is 3. The molecule has 4 aromatic rings. The minimum atomic E-state index is -0.848. The van der Waals surface area contributed by atoms with Crippen molar-refractivity contribution in [2.75, 3.05) is 20.2 Å². The van der Waals surface area contributed by atoms with E-state index in [1.165, 1.54) is 9.75 Å². The molecule has 2 heterocycles. The number of carbonyl (C=O) groups excluding carboxylic acids is 2. The smallest absolute Gasteiger partial charge is 0.254 e. The van der Waals surface area contributed by atoms with Gasteiger partial charge in [0.05, 0.1) is 25.3 Å². The van der Waals surface area contributed by atoms with E-state index in [0.717, 1.165) is 29.7 Å². The number of aliphatic hydroxyl groups is 1. The van der Waals surface area contributed by atoms with Gasteiger partial charge < -0.3 is 25.4 Å². The van der Waals surface area contributed by atoms with Crippen LogP contribution in [-0.2, 0) is 13.0 Å². The van der Waals surface area contributed by atoms with Crippen LogP contribution in [0, 0.1) is 6.92 Å². The molecule has 0 aliphatic carbocycles. The lowest BCUT2D eigenvalue weighted by Crippen LogP contribution is -2.48. The van der Waals surface area contributed by atoms with Crippen LogP contribution in [0.3, 0.4) is 0 Å². The van der Waals surface area contributed by atoms with Crippen LogP contribution in [0.15, 0.2) is 91.0 Å². The fourth-order valence-corrected chi connectivity index (χ4v) is 6.61. The molecule has 1 aliphatic heterocycles. The summed E-state index contributed by atoms with van der Waals surface area (Å²) < 4.78 is 5.30. The fourth-order valence-electron chi connectivity index (χ4n) is 5.59. The van der Waals surface area contributed by atoms with E-state index in [-0.39, 0.29) is 24.4 Å². The molecule has 7 nitrogen and oxygen atoms in total. The highest BCUT2D eigenvalue weighted by Crippen LogP contribution is 2.36. The molecule has 1 aliphatic rings. The number of hydrogen-bond acceptors (Lipinski definition) is 6. The third-order valence-electron chi connectivity index (χ3n) is 7.87. The van der Waals surface area contributed by atoms with Crippen molar-refractivity contribution in [1.29, 1.82) is 0 Å². The Balaban J connectivity index is 1.27. The van der Waals surface area contributed by atoms with Crippen molar-refractivity contribution in [3.63, 3.8) is 0 Å². The number of aliphatic hydroxyl groups excluding tert-OH is 1. The van der Waals surface area contributed by atoms with Crippen LogP contribution in [-0.4, -0.2) is 54.2 Å². The predicted molar refractivity (Wildman–Crippen MR) is 171 cm³/mol. The number of carbonyl (C=O) groups is 2. The zero-order valence-electron chi connectivity index (χ0n) is 24.7. The van der Waals surface area contributed by atoms with Gasteiger partial charge in [0.25, 0.3) is 11.8 Å². The number of methoxy groups -OCH3 is 1. The first kappa shape index (κ1) is 30.5. The summed E-state index contributed by atoms with van der Waals surface area (Å²) in [6.45, 7) is 3.61. The highest BCUT2D eigenvalue weighted by atomic mass is 32.1. The summed E-state index contributed by atoms with van der Waals surface area (Å²) in [7, 11) is 1.63. The topological polar surface area (TPSA) is 90.9 Å². The van der Waals surface area contributed by atoms with Gasteiger partial charge in [-0.2, -0.15) is 0 Å². The van der Waals surface area contributed by atoms with Gasteiger partial charge in [0, 0.05) is 40.5 Å². The second kappa shape index (κ2) is 14.5. The van der Waals surface area contributed by atoms with Crippen molar-refractivity contribution in [3.8, 4) is 5.75 Å². The quantitative estimate of drug-likeness (QED) is 0.200.